The van der Waals surface area contributed by atoms with E-state index in [-0.39, 0.29) is 12.5 Å². The van der Waals surface area contributed by atoms with E-state index < -0.39 is 0 Å². The topological polar surface area (TPSA) is 68.0 Å². The average Bonchev–Trinajstić information content (AvgIpc) is 3.43. The lowest BCUT2D eigenvalue weighted by atomic mass is 10.0. The maximum Gasteiger partial charge on any atom is 0.262 e. The molecule has 1 aliphatic heterocycles. The summed E-state index contributed by atoms with van der Waals surface area (Å²) in [5.41, 5.74) is 9.82. The number of hydrogen-bond acceptors (Lipinski definition) is 5. The molecule has 1 aromatic heterocycles. The van der Waals surface area contributed by atoms with Crippen LogP contribution in [0, 0.1) is 0 Å². The molecule has 6 rings (SSSR count). The Labute approximate surface area is 200 Å². The minimum Gasteiger partial charge on any atom is -0.482 e. The van der Waals surface area contributed by atoms with Gasteiger partial charge < -0.3 is 10.1 Å². The maximum atomic E-state index is 11.8. The Bertz CT molecular complexity index is 1560. The van der Waals surface area contributed by atoms with Gasteiger partial charge in [-0.15, -0.1) is 11.3 Å². The quantitative estimate of drug-likeness (QED) is 0.384. The van der Waals surface area contributed by atoms with Crippen molar-refractivity contribution in [2.24, 2.45) is 10.1 Å². The molecule has 0 fully saturated rings. The summed E-state index contributed by atoms with van der Waals surface area (Å²) in [5, 5.41) is 9.88. The number of amides is 1. The minimum atomic E-state index is -0.153. The number of thiazole rings is 1. The summed E-state index contributed by atoms with van der Waals surface area (Å²) in [5.74, 6) is 0.518. The summed E-state index contributed by atoms with van der Waals surface area (Å²) in [6.45, 7) is 2.07. The van der Waals surface area contributed by atoms with E-state index >= 15 is 0 Å². The molecular weight excluding hydrogens is 444 g/mol. The number of carbonyl (C=O) groups is 1. The van der Waals surface area contributed by atoms with Gasteiger partial charge in [0.25, 0.3) is 5.91 Å². The molecule has 3 aromatic carbocycles. The van der Waals surface area contributed by atoms with E-state index in [1.165, 1.54) is 33.6 Å². The van der Waals surface area contributed by atoms with E-state index in [9.17, 15) is 4.79 Å². The highest BCUT2D eigenvalue weighted by Crippen LogP contribution is 2.37. The number of rotatable bonds is 3. The van der Waals surface area contributed by atoms with Crippen LogP contribution in [0.25, 0.3) is 22.4 Å². The van der Waals surface area contributed by atoms with Crippen molar-refractivity contribution in [3.8, 4) is 28.1 Å². The van der Waals surface area contributed by atoms with Crippen LogP contribution in [0.4, 0.5) is 5.69 Å². The van der Waals surface area contributed by atoms with E-state index in [1.54, 1.807) is 7.05 Å². The number of carbonyl (C=O) groups excluding carboxylic acids is 1. The lowest BCUT2D eigenvalue weighted by Crippen LogP contribution is -2.25. The predicted octanol–water partition coefficient (Wildman–Crippen LogP) is 4.92. The number of benzene rings is 3. The Kier molecular flexibility index (Phi) is 4.92. The van der Waals surface area contributed by atoms with E-state index in [2.05, 4.69) is 52.8 Å². The molecule has 168 valence electrons. The monoisotopic (exact) mass is 466 g/mol. The number of nitrogens with zero attached hydrogens (tertiary/aromatic N) is 3. The van der Waals surface area contributed by atoms with Gasteiger partial charge in [-0.1, -0.05) is 36.4 Å². The maximum absolute atomic E-state index is 11.8. The largest absolute Gasteiger partial charge is 0.482 e. The van der Waals surface area contributed by atoms with Crippen molar-refractivity contribution in [1.82, 2.24) is 4.68 Å². The first kappa shape index (κ1) is 20.6. The molecule has 6 nitrogen and oxygen atoms in total. The molecule has 0 radical (unpaired) electrons. The van der Waals surface area contributed by atoms with Crippen molar-refractivity contribution in [3.63, 3.8) is 0 Å². The molecule has 0 saturated heterocycles. The minimum absolute atomic E-state index is 0.0407. The number of ether oxygens (including phenoxy) is 1. The Morgan fingerprint density at radius 1 is 1.06 bits per heavy atom. The van der Waals surface area contributed by atoms with Crippen molar-refractivity contribution in [1.29, 1.82) is 0 Å². The van der Waals surface area contributed by atoms with Crippen molar-refractivity contribution < 1.29 is 9.53 Å². The van der Waals surface area contributed by atoms with Gasteiger partial charge in [-0.25, -0.2) is 4.68 Å². The highest BCUT2D eigenvalue weighted by Gasteiger charge is 2.20. The molecule has 0 atom stereocenters. The first-order chi connectivity index (χ1) is 16.6. The Morgan fingerprint density at radius 3 is 2.79 bits per heavy atom. The van der Waals surface area contributed by atoms with Gasteiger partial charge in [0.05, 0.1) is 17.1 Å². The van der Waals surface area contributed by atoms with Crippen molar-refractivity contribution in [3.05, 3.63) is 87.5 Å². The van der Waals surface area contributed by atoms with Crippen LogP contribution in [-0.4, -0.2) is 29.9 Å². The number of hydrogen-bond donors (Lipinski definition) is 1. The fourth-order valence-electron chi connectivity index (χ4n) is 4.57. The molecule has 0 bridgehead atoms. The Balaban J connectivity index is 1.39. The van der Waals surface area contributed by atoms with Gasteiger partial charge >= 0.3 is 0 Å². The van der Waals surface area contributed by atoms with E-state index in [4.69, 9.17) is 9.84 Å². The lowest BCUT2D eigenvalue weighted by molar-refractivity contribution is -0.118. The standard InChI is InChI=1S/C27H22N4O2S/c1-16(17-7-9-22-20(11-17)12-18-5-3-4-6-21(18)22)30-31-24(15-34-27(31)28-2)19-8-10-25-23(13-19)29-26(32)14-33-25/h3-11,13,15H,12,14H2,1-2H3,(H,29,32). The van der Waals surface area contributed by atoms with Crippen LogP contribution in [0.1, 0.15) is 23.6 Å². The van der Waals surface area contributed by atoms with Crippen molar-refractivity contribution in [2.45, 2.75) is 13.3 Å². The Morgan fingerprint density at radius 2 is 1.91 bits per heavy atom. The molecule has 4 aromatic rings. The highest BCUT2D eigenvalue weighted by molar-refractivity contribution is 7.07. The second-order valence-corrected chi connectivity index (χ2v) is 9.21. The fraction of sp³-hybridized carbons (Fsp3) is 0.148. The molecule has 2 aliphatic rings. The summed E-state index contributed by atoms with van der Waals surface area (Å²) < 4.78 is 7.37. The lowest BCUT2D eigenvalue weighted by Gasteiger charge is -2.18. The van der Waals surface area contributed by atoms with Gasteiger partial charge in [0, 0.05) is 18.0 Å². The summed E-state index contributed by atoms with van der Waals surface area (Å²) in [7, 11) is 1.77. The van der Waals surface area contributed by atoms with Crippen LogP contribution >= 0.6 is 11.3 Å². The van der Waals surface area contributed by atoms with Crippen LogP contribution in [0.15, 0.2) is 76.1 Å². The number of fused-ring (bicyclic) bond motifs is 4. The van der Waals surface area contributed by atoms with Gasteiger partial charge in [-0.3, -0.25) is 9.79 Å². The van der Waals surface area contributed by atoms with Gasteiger partial charge in [0.15, 0.2) is 6.61 Å². The van der Waals surface area contributed by atoms with Crippen LogP contribution < -0.4 is 14.9 Å². The summed E-state index contributed by atoms with van der Waals surface area (Å²) in [6.07, 6.45) is 0.946. The third-order valence-corrected chi connectivity index (χ3v) is 7.15. The molecule has 7 heteroatoms. The first-order valence-electron chi connectivity index (χ1n) is 11.1. The van der Waals surface area contributed by atoms with Gasteiger partial charge in [0.2, 0.25) is 4.80 Å². The van der Waals surface area contributed by atoms with Gasteiger partial charge in [-0.05, 0) is 65.4 Å². The smallest absolute Gasteiger partial charge is 0.262 e. The molecule has 34 heavy (non-hydrogen) atoms. The molecule has 1 aliphatic carbocycles. The first-order valence-corrected chi connectivity index (χ1v) is 12.0. The molecular formula is C27H22N4O2S. The summed E-state index contributed by atoms with van der Waals surface area (Å²) >= 11 is 1.53. The van der Waals surface area contributed by atoms with E-state index in [1.807, 2.05) is 35.2 Å². The zero-order valence-corrected chi connectivity index (χ0v) is 19.6. The predicted molar refractivity (Wildman–Crippen MR) is 136 cm³/mol. The molecule has 1 amide bonds. The number of aromatic nitrogens is 1. The van der Waals surface area contributed by atoms with Crippen LogP contribution in [0.5, 0.6) is 5.75 Å². The number of anilines is 1. The fourth-order valence-corrected chi connectivity index (χ4v) is 5.36. The van der Waals surface area contributed by atoms with Gasteiger partial charge in [0.1, 0.15) is 5.75 Å². The molecule has 1 N–H and O–H groups in total. The highest BCUT2D eigenvalue weighted by atomic mass is 32.1. The number of nitrogens with one attached hydrogen (secondary N) is 1. The second kappa shape index (κ2) is 8.11. The third-order valence-electron chi connectivity index (χ3n) is 6.25. The van der Waals surface area contributed by atoms with Crippen LogP contribution in [0.3, 0.4) is 0 Å². The molecule has 0 unspecified atom stereocenters. The zero-order valence-electron chi connectivity index (χ0n) is 18.8. The summed E-state index contributed by atoms with van der Waals surface area (Å²) in [6, 6.07) is 20.9. The SMILES string of the molecule is CN=c1scc(-c2ccc3c(c2)NC(=O)CO3)n1N=C(C)c1ccc2c(c1)Cc1ccccc1-2. The van der Waals surface area contributed by atoms with E-state index in [0.29, 0.717) is 11.4 Å². The molecule has 0 spiro atoms. The summed E-state index contributed by atoms with van der Waals surface area (Å²) in [4.78, 5) is 17.0. The normalized spacial score (nSPS) is 14.8. The zero-order chi connectivity index (χ0) is 23.2. The van der Waals surface area contributed by atoms with Crippen LogP contribution in [-0.2, 0) is 11.2 Å². The van der Waals surface area contributed by atoms with Crippen molar-refractivity contribution in [2.75, 3.05) is 19.0 Å². The van der Waals surface area contributed by atoms with Crippen molar-refractivity contribution >= 4 is 28.6 Å². The average molecular weight is 467 g/mol. The Hall–Kier alpha value is -3.97. The van der Waals surface area contributed by atoms with Crippen LogP contribution in [0.2, 0.25) is 0 Å². The molecule has 0 saturated carbocycles. The third kappa shape index (κ3) is 3.45. The van der Waals surface area contributed by atoms with Gasteiger partial charge in [-0.2, -0.15) is 5.10 Å². The van der Waals surface area contributed by atoms with E-state index in [0.717, 1.165) is 33.8 Å². The second-order valence-electron chi connectivity index (χ2n) is 8.38. The molecule has 2 heterocycles.